The van der Waals surface area contributed by atoms with Gasteiger partial charge in [0.2, 0.25) is 0 Å². The van der Waals surface area contributed by atoms with E-state index in [1.54, 1.807) is 0 Å². The molecule has 1 unspecified atom stereocenters. The second-order valence-electron chi connectivity index (χ2n) is 8.72. The van der Waals surface area contributed by atoms with Crippen LogP contribution in [0.15, 0.2) is 18.2 Å². The Morgan fingerprint density at radius 2 is 1.71 bits per heavy atom. The van der Waals surface area contributed by atoms with E-state index >= 15 is 0 Å². The van der Waals surface area contributed by atoms with Crippen LogP contribution in [0, 0.1) is 12.8 Å². The summed E-state index contributed by atoms with van der Waals surface area (Å²) in [6.45, 7) is 2.82. The van der Waals surface area contributed by atoms with E-state index < -0.39 is 6.09 Å². The maximum atomic E-state index is 13.3. The van der Waals surface area contributed by atoms with Gasteiger partial charge in [0.05, 0.1) is 0 Å². The summed E-state index contributed by atoms with van der Waals surface area (Å²) in [5, 5.41) is 2.81. The SMILES string of the molecule is Cc1cc(NC(=O)OC2CCCC2)ccc1C(=O)N1CCCC2CCCC[C@H]21. The van der Waals surface area contributed by atoms with Gasteiger partial charge in [-0.25, -0.2) is 4.79 Å². The fraction of sp³-hybridized carbons (Fsp3) is 0.652. The lowest BCUT2D eigenvalue weighted by Gasteiger charge is -2.44. The predicted molar refractivity (Wildman–Crippen MR) is 110 cm³/mol. The van der Waals surface area contributed by atoms with Crippen LogP contribution in [0.25, 0.3) is 0 Å². The van der Waals surface area contributed by atoms with Gasteiger partial charge in [-0.2, -0.15) is 0 Å². The van der Waals surface area contributed by atoms with Crippen molar-refractivity contribution in [1.29, 1.82) is 0 Å². The quantitative estimate of drug-likeness (QED) is 0.771. The summed E-state index contributed by atoms with van der Waals surface area (Å²) in [5.41, 5.74) is 2.34. The zero-order chi connectivity index (χ0) is 19.5. The minimum absolute atomic E-state index is 0.0458. The monoisotopic (exact) mass is 384 g/mol. The van der Waals surface area contributed by atoms with Gasteiger partial charge in [0.25, 0.3) is 5.91 Å². The van der Waals surface area contributed by atoms with Crippen LogP contribution in [0.4, 0.5) is 10.5 Å². The molecule has 1 aromatic carbocycles. The molecule has 1 N–H and O–H groups in total. The maximum Gasteiger partial charge on any atom is 0.411 e. The van der Waals surface area contributed by atoms with Gasteiger partial charge < -0.3 is 9.64 Å². The Balaban J connectivity index is 1.42. The number of benzene rings is 1. The molecule has 1 aromatic rings. The summed E-state index contributed by atoms with van der Waals surface area (Å²) in [4.78, 5) is 27.5. The normalized spacial score (nSPS) is 25.2. The first-order valence-corrected chi connectivity index (χ1v) is 11.0. The summed E-state index contributed by atoms with van der Waals surface area (Å²) in [5.74, 6) is 0.826. The summed E-state index contributed by atoms with van der Waals surface area (Å²) < 4.78 is 5.46. The molecule has 3 fully saturated rings. The number of likely N-dealkylation sites (tertiary alicyclic amines) is 1. The number of amides is 2. The first kappa shape index (κ1) is 19.3. The number of hydrogen-bond donors (Lipinski definition) is 1. The van der Waals surface area contributed by atoms with Gasteiger partial charge in [0.15, 0.2) is 0 Å². The van der Waals surface area contributed by atoms with E-state index in [1.807, 2.05) is 25.1 Å². The van der Waals surface area contributed by atoms with Crippen LogP contribution in [0.2, 0.25) is 0 Å². The summed E-state index contributed by atoms with van der Waals surface area (Å²) in [6, 6.07) is 5.97. The standard InChI is InChI=1S/C23H32N2O3/c1-16-15-18(24-23(27)28-19-9-3-4-10-19)12-13-20(16)22(26)25-14-6-8-17-7-2-5-11-21(17)25/h12-13,15,17,19,21H,2-11,14H2,1H3,(H,24,27)/t17?,21-/m1/s1. The molecule has 2 saturated carbocycles. The predicted octanol–water partition coefficient (Wildman–Crippen LogP) is 5.28. The molecule has 0 aromatic heterocycles. The second kappa shape index (κ2) is 8.54. The molecular formula is C23H32N2O3. The third-order valence-electron chi connectivity index (χ3n) is 6.78. The molecule has 1 aliphatic heterocycles. The molecule has 0 bridgehead atoms. The van der Waals surface area contributed by atoms with E-state index in [-0.39, 0.29) is 12.0 Å². The van der Waals surface area contributed by atoms with Crippen molar-refractivity contribution in [3.8, 4) is 0 Å². The molecule has 4 rings (SSSR count). The highest BCUT2D eigenvalue weighted by atomic mass is 16.6. The van der Waals surface area contributed by atoms with Crippen molar-refractivity contribution in [3.05, 3.63) is 29.3 Å². The highest BCUT2D eigenvalue weighted by Crippen LogP contribution is 2.36. The number of carbonyl (C=O) groups is 2. The van der Waals surface area contributed by atoms with Crippen LogP contribution in [-0.4, -0.2) is 35.6 Å². The molecule has 2 aliphatic carbocycles. The van der Waals surface area contributed by atoms with Crippen molar-refractivity contribution in [1.82, 2.24) is 4.90 Å². The molecule has 2 amide bonds. The van der Waals surface area contributed by atoms with Crippen molar-refractivity contribution in [2.75, 3.05) is 11.9 Å². The molecule has 1 heterocycles. The highest BCUT2D eigenvalue weighted by Gasteiger charge is 2.36. The zero-order valence-electron chi connectivity index (χ0n) is 16.9. The Morgan fingerprint density at radius 3 is 2.50 bits per heavy atom. The number of ether oxygens (including phenoxy) is 1. The Kier molecular flexibility index (Phi) is 5.88. The minimum Gasteiger partial charge on any atom is -0.446 e. The lowest BCUT2D eigenvalue weighted by atomic mass is 9.78. The lowest BCUT2D eigenvalue weighted by molar-refractivity contribution is 0.0390. The summed E-state index contributed by atoms with van der Waals surface area (Å²) in [6.07, 6.45) is 11.1. The van der Waals surface area contributed by atoms with Crippen molar-refractivity contribution < 1.29 is 14.3 Å². The number of fused-ring (bicyclic) bond motifs is 1. The molecule has 2 atom stereocenters. The zero-order valence-corrected chi connectivity index (χ0v) is 16.9. The number of anilines is 1. The van der Waals surface area contributed by atoms with Gasteiger partial charge in [0.1, 0.15) is 6.10 Å². The van der Waals surface area contributed by atoms with E-state index in [0.29, 0.717) is 17.6 Å². The lowest BCUT2D eigenvalue weighted by Crippen LogP contribution is -2.49. The number of rotatable bonds is 3. The number of aryl methyl sites for hydroxylation is 1. The minimum atomic E-state index is -0.397. The first-order valence-electron chi connectivity index (χ1n) is 11.0. The van der Waals surface area contributed by atoms with Gasteiger partial charge in [-0.3, -0.25) is 10.1 Å². The van der Waals surface area contributed by atoms with Gasteiger partial charge >= 0.3 is 6.09 Å². The average molecular weight is 385 g/mol. The van der Waals surface area contributed by atoms with E-state index in [0.717, 1.165) is 56.2 Å². The molecule has 5 nitrogen and oxygen atoms in total. The smallest absolute Gasteiger partial charge is 0.411 e. The molecule has 3 aliphatic rings. The Labute approximate surface area is 167 Å². The van der Waals surface area contributed by atoms with Crippen LogP contribution >= 0.6 is 0 Å². The fourth-order valence-corrected chi connectivity index (χ4v) is 5.32. The average Bonchev–Trinajstić information content (AvgIpc) is 3.20. The third-order valence-corrected chi connectivity index (χ3v) is 6.78. The second-order valence-corrected chi connectivity index (χ2v) is 8.72. The molecule has 0 spiro atoms. The fourth-order valence-electron chi connectivity index (χ4n) is 5.32. The van der Waals surface area contributed by atoms with Crippen LogP contribution in [-0.2, 0) is 4.74 Å². The maximum absolute atomic E-state index is 13.3. The number of hydrogen-bond acceptors (Lipinski definition) is 3. The Bertz CT molecular complexity index is 725. The molecular weight excluding hydrogens is 352 g/mol. The van der Waals surface area contributed by atoms with Crippen LogP contribution < -0.4 is 5.32 Å². The van der Waals surface area contributed by atoms with Crippen molar-refractivity contribution in [3.63, 3.8) is 0 Å². The van der Waals surface area contributed by atoms with Gasteiger partial charge in [-0.15, -0.1) is 0 Å². The van der Waals surface area contributed by atoms with E-state index in [4.69, 9.17) is 4.74 Å². The largest absolute Gasteiger partial charge is 0.446 e. The highest BCUT2D eigenvalue weighted by molar-refractivity contribution is 5.97. The third kappa shape index (κ3) is 4.18. The molecule has 152 valence electrons. The molecule has 1 saturated heterocycles. The number of carbonyl (C=O) groups excluding carboxylic acids is 2. The number of nitrogens with one attached hydrogen (secondary N) is 1. The van der Waals surface area contributed by atoms with Crippen LogP contribution in [0.3, 0.4) is 0 Å². The Morgan fingerprint density at radius 1 is 1.00 bits per heavy atom. The Hall–Kier alpha value is -2.04. The van der Waals surface area contributed by atoms with Gasteiger partial charge in [-0.05, 0) is 88.0 Å². The molecule has 0 radical (unpaired) electrons. The van der Waals surface area contributed by atoms with Crippen molar-refractivity contribution in [2.24, 2.45) is 5.92 Å². The first-order chi connectivity index (χ1) is 13.6. The molecule has 28 heavy (non-hydrogen) atoms. The number of nitrogens with zero attached hydrogens (tertiary/aromatic N) is 1. The van der Waals surface area contributed by atoms with Gasteiger partial charge in [0, 0.05) is 23.8 Å². The summed E-state index contributed by atoms with van der Waals surface area (Å²) in [7, 11) is 0. The van der Waals surface area contributed by atoms with Crippen molar-refractivity contribution in [2.45, 2.75) is 83.3 Å². The van der Waals surface area contributed by atoms with Crippen LogP contribution in [0.5, 0.6) is 0 Å². The van der Waals surface area contributed by atoms with Crippen molar-refractivity contribution >= 4 is 17.7 Å². The van der Waals surface area contributed by atoms with E-state index in [2.05, 4.69) is 10.2 Å². The van der Waals surface area contributed by atoms with E-state index in [1.165, 1.54) is 25.7 Å². The topological polar surface area (TPSA) is 58.6 Å². The molecule has 5 heteroatoms. The summed E-state index contributed by atoms with van der Waals surface area (Å²) >= 11 is 0. The van der Waals surface area contributed by atoms with Crippen LogP contribution in [0.1, 0.15) is 80.1 Å². The van der Waals surface area contributed by atoms with E-state index in [9.17, 15) is 9.59 Å². The van der Waals surface area contributed by atoms with Gasteiger partial charge in [-0.1, -0.05) is 12.8 Å². The number of piperidine rings is 1.